The van der Waals surface area contributed by atoms with E-state index in [4.69, 9.17) is 0 Å². The maximum Gasteiger partial charge on any atom is 0.0113 e. The summed E-state index contributed by atoms with van der Waals surface area (Å²) in [5, 5.41) is 0. The van der Waals surface area contributed by atoms with Crippen molar-refractivity contribution in [3.05, 3.63) is 12.2 Å². The van der Waals surface area contributed by atoms with Crippen LogP contribution in [0.15, 0.2) is 12.2 Å². The first-order chi connectivity index (χ1) is 4.91. The number of thioether (sulfide) groups is 2. The van der Waals surface area contributed by atoms with Crippen LogP contribution in [0, 0.1) is 0 Å². The summed E-state index contributed by atoms with van der Waals surface area (Å²) in [5.74, 6) is 4.82. The average Bonchev–Trinajstić information content (AvgIpc) is 1.97. The minimum absolute atomic E-state index is 1.18. The molecule has 2 heteroatoms. The van der Waals surface area contributed by atoms with Gasteiger partial charge in [0.15, 0.2) is 0 Å². The molecule has 0 aliphatic heterocycles. The van der Waals surface area contributed by atoms with Gasteiger partial charge >= 0.3 is 0 Å². The van der Waals surface area contributed by atoms with Crippen LogP contribution in [-0.4, -0.2) is 23.0 Å². The van der Waals surface area contributed by atoms with Crippen molar-refractivity contribution in [1.29, 1.82) is 0 Å². The smallest absolute Gasteiger partial charge is 0.0113 e. The molecule has 0 radical (unpaired) electrons. The Bertz CT molecular complexity index is 69.3. The molecule has 0 atom stereocenters. The average molecular weight is 176 g/mol. The molecule has 0 aliphatic carbocycles. The minimum Gasteiger partial charge on any atom is -0.158 e. The molecule has 10 heavy (non-hydrogen) atoms. The van der Waals surface area contributed by atoms with Crippen molar-refractivity contribution in [2.75, 3.05) is 23.0 Å². The third kappa shape index (κ3) is 8.44. The van der Waals surface area contributed by atoms with Gasteiger partial charge in [0.2, 0.25) is 0 Å². The summed E-state index contributed by atoms with van der Waals surface area (Å²) in [4.78, 5) is 0. The fraction of sp³-hybridized carbons (Fsp3) is 0.750. The van der Waals surface area contributed by atoms with Crippen LogP contribution in [0.25, 0.3) is 0 Å². The lowest BCUT2D eigenvalue weighted by atomic mass is 10.6. The van der Waals surface area contributed by atoms with Crippen LogP contribution >= 0.6 is 23.5 Å². The zero-order valence-electron chi connectivity index (χ0n) is 6.80. The quantitative estimate of drug-likeness (QED) is 0.451. The Balaban J connectivity index is 2.89. The van der Waals surface area contributed by atoms with E-state index in [0.29, 0.717) is 0 Å². The highest BCUT2D eigenvalue weighted by molar-refractivity contribution is 7.99. The largest absolute Gasteiger partial charge is 0.158 e. The molecule has 0 bridgehead atoms. The molecule has 0 aromatic rings. The normalized spacial score (nSPS) is 11.0. The molecular formula is C8H16S2. The first-order valence-electron chi connectivity index (χ1n) is 3.72. The molecule has 60 valence electrons. The minimum atomic E-state index is 1.18. The summed E-state index contributed by atoms with van der Waals surface area (Å²) in [6, 6.07) is 0. The summed E-state index contributed by atoms with van der Waals surface area (Å²) < 4.78 is 0. The highest BCUT2D eigenvalue weighted by Gasteiger charge is 1.78. The Kier molecular flexibility index (Phi) is 9.86. The Hall–Kier alpha value is 0.440. The lowest BCUT2D eigenvalue weighted by Crippen LogP contribution is -1.75. The third-order valence-electron chi connectivity index (χ3n) is 1.00. The van der Waals surface area contributed by atoms with Crippen LogP contribution in [0.1, 0.15) is 13.8 Å². The van der Waals surface area contributed by atoms with Crippen LogP contribution in [0.4, 0.5) is 0 Å². The van der Waals surface area contributed by atoms with Crippen molar-refractivity contribution in [2.24, 2.45) is 0 Å². The zero-order chi connectivity index (χ0) is 7.66. The van der Waals surface area contributed by atoms with Crippen LogP contribution in [0.2, 0.25) is 0 Å². The van der Waals surface area contributed by atoms with Gasteiger partial charge in [-0.15, -0.1) is 0 Å². The van der Waals surface area contributed by atoms with E-state index in [9.17, 15) is 0 Å². The van der Waals surface area contributed by atoms with Crippen molar-refractivity contribution >= 4 is 23.5 Å². The van der Waals surface area contributed by atoms with Gasteiger partial charge in [0.05, 0.1) is 0 Å². The third-order valence-corrected chi connectivity index (χ3v) is 2.68. The molecule has 0 aromatic carbocycles. The molecule has 0 unspecified atom stereocenters. The van der Waals surface area contributed by atoms with Crippen LogP contribution in [-0.2, 0) is 0 Å². The molecule has 0 saturated carbocycles. The fourth-order valence-electron chi connectivity index (χ4n) is 0.508. The van der Waals surface area contributed by atoms with Crippen LogP contribution < -0.4 is 0 Å². The molecule has 0 saturated heterocycles. The van der Waals surface area contributed by atoms with E-state index in [0.717, 1.165) is 0 Å². The SMILES string of the molecule is CCSC/C=C\CSCC. The molecule has 0 nitrogen and oxygen atoms in total. The Labute approximate surface area is 72.9 Å². The topological polar surface area (TPSA) is 0 Å². The van der Waals surface area contributed by atoms with Gasteiger partial charge in [-0.05, 0) is 11.5 Å². The van der Waals surface area contributed by atoms with Gasteiger partial charge in [0, 0.05) is 11.5 Å². The zero-order valence-corrected chi connectivity index (χ0v) is 8.43. The number of hydrogen-bond donors (Lipinski definition) is 0. The standard InChI is InChI=1S/C8H16S2/c1-3-9-7-5-6-8-10-4-2/h5-6H,3-4,7-8H2,1-2H3/b6-5-. The van der Waals surface area contributed by atoms with Gasteiger partial charge in [0.25, 0.3) is 0 Å². The summed E-state index contributed by atoms with van der Waals surface area (Å²) in [5.41, 5.74) is 0. The predicted octanol–water partition coefficient (Wildman–Crippen LogP) is 3.05. The number of hydrogen-bond acceptors (Lipinski definition) is 2. The van der Waals surface area contributed by atoms with E-state index >= 15 is 0 Å². The van der Waals surface area contributed by atoms with Crippen molar-refractivity contribution in [3.8, 4) is 0 Å². The predicted molar refractivity (Wildman–Crippen MR) is 55.1 cm³/mol. The van der Waals surface area contributed by atoms with Crippen LogP contribution in [0.3, 0.4) is 0 Å². The summed E-state index contributed by atoms with van der Waals surface area (Å²) in [7, 11) is 0. The van der Waals surface area contributed by atoms with Gasteiger partial charge in [-0.2, -0.15) is 23.5 Å². The molecular weight excluding hydrogens is 160 g/mol. The summed E-state index contributed by atoms with van der Waals surface area (Å²) in [6.07, 6.45) is 4.52. The second-order valence-electron chi connectivity index (χ2n) is 1.79. The number of rotatable bonds is 6. The van der Waals surface area contributed by atoms with Crippen LogP contribution in [0.5, 0.6) is 0 Å². The van der Waals surface area contributed by atoms with Crippen molar-refractivity contribution in [2.45, 2.75) is 13.8 Å². The van der Waals surface area contributed by atoms with Gasteiger partial charge < -0.3 is 0 Å². The molecule has 0 aromatic heterocycles. The second kappa shape index (κ2) is 9.44. The Morgan fingerprint density at radius 3 is 1.60 bits per heavy atom. The fourth-order valence-corrected chi connectivity index (χ4v) is 1.52. The summed E-state index contributed by atoms with van der Waals surface area (Å²) >= 11 is 3.94. The van der Waals surface area contributed by atoms with Gasteiger partial charge in [-0.3, -0.25) is 0 Å². The molecule has 0 aliphatic rings. The van der Waals surface area contributed by atoms with E-state index in [-0.39, 0.29) is 0 Å². The molecule has 0 amide bonds. The second-order valence-corrected chi connectivity index (χ2v) is 4.43. The lowest BCUT2D eigenvalue weighted by Gasteiger charge is -1.89. The van der Waals surface area contributed by atoms with E-state index < -0.39 is 0 Å². The molecule has 0 fully saturated rings. The summed E-state index contributed by atoms with van der Waals surface area (Å²) in [6.45, 7) is 4.39. The highest BCUT2D eigenvalue weighted by Crippen LogP contribution is 2.01. The Morgan fingerprint density at radius 1 is 0.900 bits per heavy atom. The molecule has 0 heterocycles. The van der Waals surface area contributed by atoms with E-state index in [1.165, 1.54) is 23.0 Å². The first-order valence-corrected chi connectivity index (χ1v) is 6.03. The highest BCUT2D eigenvalue weighted by atomic mass is 32.2. The van der Waals surface area contributed by atoms with E-state index in [2.05, 4.69) is 26.0 Å². The van der Waals surface area contributed by atoms with Crippen molar-refractivity contribution in [1.82, 2.24) is 0 Å². The molecule has 0 rings (SSSR count). The maximum atomic E-state index is 2.26. The van der Waals surface area contributed by atoms with Gasteiger partial charge in [-0.25, -0.2) is 0 Å². The van der Waals surface area contributed by atoms with Crippen molar-refractivity contribution < 1.29 is 0 Å². The van der Waals surface area contributed by atoms with E-state index in [1.54, 1.807) is 0 Å². The maximum absolute atomic E-state index is 2.26. The van der Waals surface area contributed by atoms with E-state index in [1.807, 2.05) is 23.5 Å². The monoisotopic (exact) mass is 176 g/mol. The van der Waals surface area contributed by atoms with Crippen molar-refractivity contribution in [3.63, 3.8) is 0 Å². The lowest BCUT2D eigenvalue weighted by molar-refractivity contribution is 1.50. The Morgan fingerprint density at radius 2 is 1.30 bits per heavy atom. The van der Waals surface area contributed by atoms with Gasteiger partial charge in [0.1, 0.15) is 0 Å². The first kappa shape index (κ1) is 10.4. The molecule has 0 N–H and O–H groups in total. The van der Waals surface area contributed by atoms with Gasteiger partial charge in [-0.1, -0.05) is 26.0 Å². The molecule has 0 spiro atoms.